The van der Waals surface area contributed by atoms with Gasteiger partial charge in [-0.3, -0.25) is 10.1 Å². The summed E-state index contributed by atoms with van der Waals surface area (Å²) < 4.78 is 20.2. The fourth-order valence-electron chi connectivity index (χ4n) is 2.46. The fourth-order valence-corrected chi connectivity index (χ4v) is 2.46. The zero-order valence-electron chi connectivity index (χ0n) is 13.3. The number of fused-ring (bicyclic) bond motifs is 1. The first-order valence-electron chi connectivity index (χ1n) is 7.81. The number of benzene rings is 2. The van der Waals surface area contributed by atoms with Crippen LogP contribution in [-0.4, -0.2) is 22.1 Å². The Morgan fingerprint density at radius 3 is 2.71 bits per heavy atom. The number of hydrogen-bond acceptors (Lipinski definition) is 3. The molecule has 0 unspecified atom stereocenters. The van der Waals surface area contributed by atoms with Crippen LogP contribution in [0.2, 0.25) is 0 Å². The van der Waals surface area contributed by atoms with Gasteiger partial charge in [0, 0.05) is 6.54 Å². The third-order valence-electron chi connectivity index (χ3n) is 3.54. The van der Waals surface area contributed by atoms with Crippen molar-refractivity contribution in [3.63, 3.8) is 0 Å². The Bertz CT molecular complexity index is 843. The molecule has 3 rings (SSSR count). The maximum atomic E-state index is 12.8. The van der Waals surface area contributed by atoms with Crippen molar-refractivity contribution in [2.24, 2.45) is 0 Å². The number of nitrogens with one attached hydrogen (secondary N) is 1. The summed E-state index contributed by atoms with van der Waals surface area (Å²) in [5.74, 6) is 0.284. The lowest BCUT2D eigenvalue weighted by Crippen LogP contribution is -2.22. The van der Waals surface area contributed by atoms with Crippen molar-refractivity contribution in [1.82, 2.24) is 9.55 Å². The van der Waals surface area contributed by atoms with E-state index in [2.05, 4.69) is 17.2 Å². The molecule has 1 amide bonds. The molecule has 0 saturated heterocycles. The largest absolute Gasteiger partial charge is 0.484 e. The summed E-state index contributed by atoms with van der Waals surface area (Å²) in [5.41, 5.74) is 1.81. The minimum Gasteiger partial charge on any atom is -0.484 e. The number of aryl methyl sites for hydroxylation is 1. The van der Waals surface area contributed by atoms with E-state index in [1.165, 1.54) is 24.3 Å². The Kier molecular flexibility index (Phi) is 4.74. The van der Waals surface area contributed by atoms with Crippen LogP contribution in [0.3, 0.4) is 0 Å². The normalized spacial score (nSPS) is 10.8. The molecule has 124 valence electrons. The maximum absolute atomic E-state index is 12.8. The van der Waals surface area contributed by atoms with Crippen molar-refractivity contribution >= 4 is 22.9 Å². The molecule has 0 radical (unpaired) electrons. The third kappa shape index (κ3) is 3.53. The van der Waals surface area contributed by atoms with Gasteiger partial charge in [0.05, 0.1) is 11.0 Å². The summed E-state index contributed by atoms with van der Waals surface area (Å²) in [5, 5.41) is 2.78. The molecule has 6 heteroatoms. The second kappa shape index (κ2) is 7.12. The number of halogens is 1. The van der Waals surface area contributed by atoms with Crippen molar-refractivity contribution < 1.29 is 13.9 Å². The van der Waals surface area contributed by atoms with Crippen LogP contribution < -0.4 is 10.1 Å². The van der Waals surface area contributed by atoms with Gasteiger partial charge in [-0.25, -0.2) is 9.37 Å². The molecule has 24 heavy (non-hydrogen) atoms. The molecule has 1 heterocycles. The SMILES string of the molecule is CCCn1c(NC(=O)COc2ccc(F)cc2)nc2ccccc21. The van der Waals surface area contributed by atoms with Crippen molar-refractivity contribution in [1.29, 1.82) is 0 Å². The van der Waals surface area contributed by atoms with E-state index in [0.29, 0.717) is 11.7 Å². The van der Waals surface area contributed by atoms with Crippen LogP contribution in [0.15, 0.2) is 48.5 Å². The van der Waals surface area contributed by atoms with Crippen LogP contribution in [0.1, 0.15) is 13.3 Å². The van der Waals surface area contributed by atoms with Crippen LogP contribution in [0.25, 0.3) is 11.0 Å². The predicted octanol–water partition coefficient (Wildman–Crippen LogP) is 3.60. The molecule has 5 nitrogen and oxygen atoms in total. The maximum Gasteiger partial charge on any atom is 0.264 e. The lowest BCUT2D eigenvalue weighted by atomic mass is 10.3. The molecule has 1 aromatic heterocycles. The number of nitrogens with zero attached hydrogens (tertiary/aromatic N) is 2. The van der Waals surface area contributed by atoms with E-state index in [4.69, 9.17) is 4.74 Å². The molecule has 0 aliphatic carbocycles. The number of aromatic nitrogens is 2. The smallest absolute Gasteiger partial charge is 0.264 e. The number of carbonyl (C=O) groups is 1. The van der Waals surface area contributed by atoms with Crippen molar-refractivity contribution in [2.75, 3.05) is 11.9 Å². The van der Waals surface area contributed by atoms with Gasteiger partial charge in [-0.15, -0.1) is 0 Å². The number of ether oxygens (including phenoxy) is 1. The van der Waals surface area contributed by atoms with Crippen LogP contribution >= 0.6 is 0 Å². The first-order chi connectivity index (χ1) is 11.7. The summed E-state index contributed by atoms with van der Waals surface area (Å²) in [6, 6.07) is 13.3. The zero-order chi connectivity index (χ0) is 16.9. The predicted molar refractivity (Wildman–Crippen MR) is 90.5 cm³/mol. The molecule has 0 aliphatic heterocycles. The molecule has 0 saturated carbocycles. The van der Waals surface area contributed by atoms with Gasteiger partial charge in [0.1, 0.15) is 11.6 Å². The van der Waals surface area contributed by atoms with Gasteiger partial charge in [-0.1, -0.05) is 19.1 Å². The average molecular weight is 327 g/mol. The minimum absolute atomic E-state index is 0.166. The number of amides is 1. The summed E-state index contributed by atoms with van der Waals surface area (Å²) in [6.45, 7) is 2.66. The average Bonchev–Trinajstić information content (AvgIpc) is 2.92. The van der Waals surface area contributed by atoms with Gasteiger partial charge in [-0.05, 0) is 42.8 Å². The summed E-state index contributed by atoms with van der Waals surface area (Å²) >= 11 is 0. The Hall–Kier alpha value is -2.89. The van der Waals surface area contributed by atoms with Crippen molar-refractivity contribution in [3.05, 3.63) is 54.3 Å². The second-order valence-electron chi connectivity index (χ2n) is 5.37. The number of carbonyl (C=O) groups excluding carboxylic acids is 1. The Balaban J connectivity index is 1.70. The van der Waals surface area contributed by atoms with Crippen molar-refractivity contribution in [3.8, 4) is 5.75 Å². The number of hydrogen-bond donors (Lipinski definition) is 1. The Morgan fingerprint density at radius 2 is 1.96 bits per heavy atom. The highest BCUT2D eigenvalue weighted by Crippen LogP contribution is 2.20. The lowest BCUT2D eigenvalue weighted by molar-refractivity contribution is -0.118. The number of anilines is 1. The fraction of sp³-hybridized carbons (Fsp3) is 0.222. The zero-order valence-corrected chi connectivity index (χ0v) is 13.3. The molecule has 0 bridgehead atoms. The van der Waals surface area contributed by atoms with Gasteiger partial charge in [0.25, 0.3) is 5.91 Å². The topological polar surface area (TPSA) is 56.2 Å². The lowest BCUT2D eigenvalue weighted by Gasteiger charge is -2.09. The number of rotatable bonds is 6. The monoisotopic (exact) mass is 327 g/mol. The van der Waals surface area contributed by atoms with E-state index < -0.39 is 0 Å². The molecule has 3 aromatic rings. The Labute approximate surface area is 139 Å². The van der Waals surface area contributed by atoms with E-state index in [0.717, 1.165) is 24.0 Å². The third-order valence-corrected chi connectivity index (χ3v) is 3.54. The first kappa shape index (κ1) is 16.0. The van der Waals surface area contributed by atoms with Crippen LogP contribution in [0.5, 0.6) is 5.75 Å². The molecular weight excluding hydrogens is 309 g/mol. The second-order valence-corrected chi connectivity index (χ2v) is 5.37. The highest BCUT2D eigenvalue weighted by molar-refractivity contribution is 5.92. The van der Waals surface area contributed by atoms with Gasteiger partial charge in [0.2, 0.25) is 5.95 Å². The number of para-hydroxylation sites is 2. The van der Waals surface area contributed by atoms with Crippen LogP contribution in [0.4, 0.5) is 10.3 Å². The van der Waals surface area contributed by atoms with Crippen LogP contribution in [-0.2, 0) is 11.3 Å². The molecule has 0 atom stereocenters. The molecular formula is C18H18FN3O2. The van der Waals surface area contributed by atoms with Crippen molar-refractivity contribution in [2.45, 2.75) is 19.9 Å². The minimum atomic E-state index is -0.347. The van der Waals surface area contributed by atoms with E-state index in [1.54, 1.807) is 0 Å². The molecule has 0 fully saturated rings. The van der Waals surface area contributed by atoms with Gasteiger partial charge in [0.15, 0.2) is 6.61 Å². The summed E-state index contributed by atoms with van der Waals surface area (Å²) in [4.78, 5) is 16.6. The molecule has 1 N–H and O–H groups in total. The quantitative estimate of drug-likeness (QED) is 0.752. The summed E-state index contributed by atoms with van der Waals surface area (Å²) in [7, 11) is 0. The Morgan fingerprint density at radius 1 is 1.21 bits per heavy atom. The summed E-state index contributed by atoms with van der Waals surface area (Å²) in [6.07, 6.45) is 0.926. The van der Waals surface area contributed by atoms with E-state index in [1.807, 2.05) is 28.8 Å². The molecule has 0 aliphatic rings. The highest BCUT2D eigenvalue weighted by atomic mass is 19.1. The highest BCUT2D eigenvalue weighted by Gasteiger charge is 2.13. The van der Waals surface area contributed by atoms with Gasteiger partial charge in [-0.2, -0.15) is 0 Å². The molecule has 0 spiro atoms. The molecule has 2 aromatic carbocycles. The van der Waals surface area contributed by atoms with Gasteiger partial charge >= 0.3 is 0 Å². The van der Waals surface area contributed by atoms with E-state index >= 15 is 0 Å². The van der Waals surface area contributed by atoms with Crippen LogP contribution in [0, 0.1) is 5.82 Å². The number of imidazole rings is 1. The van der Waals surface area contributed by atoms with Gasteiger partial charge < -0.3 is 9.30 Å². The van der Waals surface area contributed by atoms with E-state index in [9.17, 15) is 9.18 Å². The first-order valence-corrected chi connectivity index (χ1v) is 7.81. The van der Waals surface area contributed by atoms with E-state index in [-0.39, 0.29) is 18.3 Å². The standard InChI is InChI=1S/C18H18FN3O2/c1-2-11-22-16-6-4-3-5-15(16)20-18(22)21-17(23)12-24-14-9-7-13(19)8-10-14/h3-10H,2,11-12H2,1H3,(H,20,21,23).